The average molecular weight is 430 g/mol. The van der Waals surface area contributed by atoms with E-state index in [2.05, 4.69) is 43.1 Å². The van der Waals surface area contributed by atoms with Crippen molar-refractivity contribution in [3.05, 3.63) is 59.7 Å². The third kappa shape index (κ3) is 5.61. The number of hydrogen-bond donors (Lipinski definition) is 3. The summed E-state index contributed by atoms with van der Waals surface area (Å²) in [5.41, 5.74) is 1.59. The van der Waals surface area contributed by atoms with E-state index >= 15 is 0 Å². The first-order chi connectivity index (χ1) is 13.9. The Morgan fingerprint density at radius 2 is 1.63 bits per heavy atom. The standard InChI is InChI=1S/C23H31N3O3S/c1-16-8-6-10-18(12-16)25-30(28,29)20-11-7-9-17(13-20)21(27)24-19-14-22(2,3)26-23(4,5)15-19/h6-13,19,25-26H,14-15H2,1-5H3,(H,24,27). The van der Waals surface area contributed by atoms with Gasteiger partial charge in [0.05, 0.1) is 4.90 Å². The molecule has 1 amide bonds. The lowest BCUT2D eigenvalue weighted by Crippen LogP contribution is -2.62. The fourth-order valence-corrected chi connectivity index (χ4v) is 5.52. The molecule has 2 aromatic rings. The normalized spacial score (nSPS) is 18.6. The molecule has 162 valence electrons. The molecule has 30 heavy (non-hydrogen) atoms. The summed E-state index contributed by atoms with van der Waals surface area (Å²) in [7, 11) is -3.80. The Kier molecular flexibility index (Phi) is 5.98. The van der Waals surface area contributed by atoms with Crippen molar-refractivity contribution in [2.45, 2.75) is 69.5 Å². The molecule has 0 spiro atoms. The summed E-state index contributed by atoms with van der Waals surface area (Å²) in [5.74, 6) is -0.263. The van der Waals surface area contributed by atoms with Gasteiger partial charge in [-0.25, -0.2) is 8.42 Å². The van der Waals surface area contributed by atoms with E-state index in [9.17, 15) is 13.2 Å². The summed E-state index contributed by atoms with van der Waals surface area (Å²) in [6.45, 7) is 10.4. The van der Waals surface area contributed by atoms with Gasteiger partial charge in [0, 0.05) is 28.4 Å². The number of amides is 1. The molecule has 3 N–H and O–H groups in total. The molecule has 6 nitrogen and oxygen atoms in total. The number of nitrogens with one attached hydrogen (secondary N) is 3. The van der Waals surface area contributed by atoms with Crippen molar-refractivity contribution in [1.82, 2.24) is 10.6 Å². The van der Waals surface area contributed by atoms with Crippen LogP contribution in [0.2, 0.25) is 0 Å². The monoisotopic (exact) mass is 429 g/mol. The van der Waals surface area contributed by atoms with Crippen molar-refractivity contribution >= 4 is 21.6 Å². The Hall–Kier alpha value is -2.38. The van der Waals surface area contributed by atoms with Crippen LogP contribution in [-0.4, -0.2) is 31.4 Å². The predicted molar refractivity (Wildman–Crippen MR) is 120 cm³/mol. The van der Waals surface area contributed by atoms with Crippen LogP contribution < -0.4 is 15.4 Å². The van der Waals surface area contributed by atoms with Crippen LogP contribution in [0.25, 0.3) is 0 Å². The van der Waals surface area contributed by atoms with E-state index in [0.29, 0.717) is 11.3 Å². The summed E-state index contributed by atoms with van der Waals surface area (Å²) in [4.78, 5) is 12.9. The van der Waals surface area contributed by atoms with E-state index in [0.717, 1.165) is 18.4 Å². The molecule has 1 fully saturated rings. The number of anilines is 1. The summed E-state index contributed by atoms with van der Waals surface area (Å²) in [6, 6.07) is 13.3. The lowest BCUT2D eigenvalue weighted by Gasteiger charge is -2.46. The van der Waals surface area contributed by atoms with Gasteiger partial charge < -0.3 is 10.6 Å². The van der Waals surface area contributed by atoms with Gasteiger partial charge in [0.1, 0.15) is 0 Å². The van der Waals surface area contributed by atoms with Crippen molar-refractivity contribution in [2.75, 3.05) is 4.72 Å². The van der Waals surface area contributed by atoms with Gasteiger partial charge in [-0.2, -0.15) is 0 Å². The molecule has 1 aliphatic heterocycles. The molecule has 1 saturated heterocycles. The maximum atomic E-state index is 12.9. The SMILES string of the molecule is Cc1cccc(NS(=O)(=O)c2cccc(C(=O)NC3CC(C)(C)NC(C)(C)C3)c2)c1. The van der Waals surface area contributed by atoms with Gasteiger partial charge in [0.15, 0.2) is 0 Å². The zero-order valence-electron chi connectivity index (χ0n) is 18.2. The fraction of sp³-hybridized carbons (Fsp3) is 0.435. The molecule has 0 bridgehead atoms. The van der Waals surface area contributed by atoms with Crippen molar-refractivity contribution in [2.24, 2.45) is 0 Å². The van der Waals surface area contributed by atoms with Crippen molar-refractivity contribution in [3.63, 3.8) is 0 Å². The van der Waals surface area contributed by atoms with Crippen molar-refractivity contribution < 1.29 is 13.2 Å². The zero-order chi connectivity index (χ0) is 22.2. The van der Waals surface area contributed by atoms with E-state index in [4.69, 9.17) is 0 Å². The third-order valence-electron chi connectivity index (χ3n) is 5.20. The van der Waals surface area contributed by atoms with Gasteiger partial charge in [0.25, 0.3) is 15.9 Å². The lowest BCUT2D eigenvalue weighted by molar-refractivity contribution is 0.0873. The topological polar surface area (TPSA) is 87.3 Å². The lowest BCUT2D eigenvalue weighted by atomic mass is 9.79. The Morgan fingerprint density at radius 3 is 2.27 bits per heavy atom. The molecule has 0 unspecified atom stereocenters. The van der Waals surface area contributed by atoms with Gasteiger partial charge >= 0.3 is 0 Å². The molecule has 1 heterocycles. The Morgan fingerprint density at radius 1 is 1.00 bits per heavy atom. The Balaban J connectivity index is 1.77. The number of carbonyl (C=O) groups excluding carboxylic acids is 1. The van der Waals surface area contributed by atoms with Crippen molar-refractivity contribution in [3.8, 4) is 0 Å². The highest BCUT2D eigenvalue weighted by molar-refractivity contribution is 7.92. The van der Waals surface area contributed by atoms with E-state index in [1.807, 2.05) is 13.0 Å². The van der Waals surface area contributed by atoms with Crippen molar-refractivity contribution in [1.29, 1.82) is 0 Å². The Labute approximate surface area is 179 Å². The molecule has 0 aromatic heterocycles. The highest BCUT2D eigenvalue weighted by Gasteiger charge is 2.38. The van der Waals surface area contributed by atoms with E-state index in [1.54, 1.807) is 30.3 Å². The second kappa shape index (κ2) is 8.04. The molecular formula is C23H31N3O3S. The number of sulfonamides is 1. The molecule has 3 rings (SSSR count). The minimum atomic E-state index is -3.80. The smallest absolute Gasteiger partial charge is 0.261 e. The number of piperidine rings is 1. The van der Waals surface area contributed by atoms with Gasteiger partial charge in [0.2, 0.25) is 0 Å². The maximum Gasteiger partial charge on any atom is 0.261 e. The van der Waals surface area contributed by atoms with Crippen LogP contribution in [0.1, 0.15) is 56.5 Å². The number of carbonyl (C=O) groups is 1. The molecule has 0 atom stereocenters. The van der Waals surface area contributed by atoms with Gasteiger partial charge in [-0.1, -0.05) is 18.2 Å². The van der Waals surface area contributed by atoms with Crippen LogP contribution in [0.4, 0.5) is 5.69 Å². The van der Waals surface area contributed by atoms with Crippen LogP contribution >= 0.6 is 0 Å². The van der Waals surface area contributed by atoms with Gasteiger partial charge in [-0.05, 0) is 83.4 Å². The molecule has 2 aromatic carbocycles. The summed E-state index contributed by atoms with van der Waals surface area (Å²) < 4.78 is 28.2. The quantitative estimate of drug-likeness (QED) is 0.674. The number of aryl methyl sites for hydroxylation is 1. The molecule has 7 heteroatoms. The summed E-state index contributed by atoms with van der Waals surface area (Å²) >= 11 is 0. The van der Waals surface area contributed by atoms with E-state index in [-0.39, 0.29) is 27.9 Å². The maximum absolute atomic E-state index is 12.9. The first-order valence-electron chi connectivity index (χ1n) is 10.2. The van der Waals surface area contributed by atoms with Gasteiger partial charge in [-0.15, -0.1) is 0 Å². The predicted octanol–water partition coefficient (Wildman–Crippen LogP) is 3.83. The molecule has 0 saturated carbocycles. The summed E-state index contributed by atoms with van der Waals surface area (Å²) in [5, 5.41) is 6.68. The minimum Gasteiger partial charge on any atom is -0.349 e. The third-order valence-corrected chi connectivity index (χ3v) is 6.58. The fourth-order valence-electron chi connectivity index (χ4n) is 4.42. The number of rotatable bonds is 5. The van der Waals surface area contributed by atoms with E-state index < -0.39 is 10.0 Å². The number of hydrogen-bond acceptors (Lipinski definition) is 4. The minimum absolute atomic E-state index is 0.00873. The van der Waals surface area contributed by atoms with Crippen LogP contribution in [0, 0.1) is 6.92 Å². The van der Waals surface area contributed by atoms with Crippen LogP contribution in [0.5, 0.6) is 0 Å². The summed E-state index contributed by atoms with van der Waals surface area (Å²) in [6.07, 6.45) is 1.60. The van der Waals surface area contributed by atoms with E-state index in [1.165, 1.54) is 12.1 Å². The second-order valence-corrected chi connectivity index (χ2v) is 11.2. The second-order valence-electron chi connectivity index (χ2n) is 9.47. The number of benzene rings is 2. The largest absolute Gasteiger partial charge is 0.349 e. The molecular weight excluding hydrogens is 398 g/mol. The van der Waals surface area contributed by atoms with Gasteiger partial charge in [-0.3, -0.25) is 9.52 Å². The first-order valence-corrected chi connectivity index (χ1v) is 11.6. The molecule has 1 aliphatic rings. The highest BCUT2D eigenvalue weighted by Crippen LogP contribution is 2.28. The zero-order valence-corrected chi connectivity index (χ0v) is 19.1. The average Bonchev–Trinajstić information content (AvgIpc) is 2.58. The highest BCUT2D eigenvalue weighted by atomic mass is 32.2. The van der Waals surface area contributed by atoms with Crippen LogP contribution in [0.15, 0.2) is 53.4 Å². The molecule has 0 aliphatic carbocycles. The Bertz CT molecular complexity index is 1030. The van der Waals surface area contributed by atoms with Crippen LogP contribution in [0.3, 0.4) is 0 Å². The van der Waals surface area contributed by atoms with Crippen LogP contribution in [-0.2, 0) is 10.0 Å². The molecule has 0 radical (unpaired) electrons. The first kappa shape index (κ1) is 22.3.